The van der Waals surface area contributed by atoms with E-state index in [1.807, 2.05) is 42.5 Å². The summed E-state index contributed by atoms with van der Waals surface area (Å²) in [5.74, 6) is 0.919. The number of pyridine rings is 1. The molecule has 0 radical (unpaired) electrons. The van der Waals surface area contributed by atoms with E-state index in [9.17, 15) is 14.4 Å². The highest BCUT2D eigenvalue weighted by molar-refractivity contribution is 6.14. The van der Waals surface area contributed by atoms with Crippen LogP contribution < -0.4 is 10.5 Å². The van der Waals surface area contributed by atoms with Gasteiger partial charge in [-0.25, -0.2) is 4.99 Å². The SMILES string of the molecule is COC(=O)CCC(C(N)=O)c1ccc2ccccc2n1.O=C1N=Cc2c(OCc3ccc(CC4CCN(CC5CC5)CC4)cc3)cccc21. The van der Waals surface area contributed by atoms with Crippen LogP contribution in [0.1, 0.15) is 77.2 Å². The third-order valence-electron chi connectivity index (χ3n) is 9.65. The predicted octanol–water partition coefficient (Wildman–Crippen LogP) is 6.26. The van der Waals surface area contributed by atoms with Crippen molar-refractivity contribution >= 4 is 34.9 Å². The number of nitrogens with two attached hydrogens (primary N) is 1. The van der Waals surface area contributed by atoms with Crippen LogP contribution in [0.4, 0.5) is 0 Å². The van der Waals surface area contributed by atoms with E-state index in [0.717, 1.165) is 39.6 Å². The molecule has 1 atom stereocenters. The number of likely N-dealkylation sites (tertiary alicyclic amines) is 1. The van der Waals surface area contributed by atoms with Crippen LogP contribution in [0, 0.1) is 11.8 Å². The molecule has 0 bridgehead atoms. The largest absolute Gasteiger partial charge is 0.488 e. The molecule has 4 aromatic rings. The Morgan fingerprint density at radius 1 is 0.898 bits per heavy atom. The number of nitrogens with zero attached hydrogens (tertiary/aromatic N) is 3. The summed E-state index contributed by atoms with van der Waals surface area (Å²) < 4.78 is 10.5. The Hall–Kier alpha value is -4.89. The fourth-order valence-electron chi connectivity index (χ4n) is 6.56. The number of benzene rings is 3. The number of piperidine rings is 1. The molecule has 254 valence electrons. The second-order valence-electron chi connectivity index (χ2n) is 13.3. The number of para-hydroxylation sites is 1. The number of rotatable bonds is 12. The van der Waals surface area contributed by atoms with Gasteiger partial charge in [-0.15, -0.1) is 0 Å². The molecule has 3 aromatic carbocycles. The molecule has 1 unspecified atom stereocenters. The third kappa shape index (κ3) is 9.18. The van der Waals surface area contributed by atoms with E-state index in [1.54, 1.807) is 18.3 Å². The lowest BCUT2D eigenvalue weighted by molar-refractivity contribution is -0.140. The van der Waals surface area contributed by atoms with Crippen molar-refractivity contribution in [3.63, 3.8) is 0 Å². The molecule has 9 heteroatoms. The zero-order valence-electron chi connectivity index (χ0n) is 28.1. The quantitative estimate of drug-likeness (QED) is 0.178. The molecule has 9 nitrogen and oxygen atoms in total. The van der Waals surface area contributed by atoms with Gasteiger partial charge in [0.1, 0.15) is 12.4 Å². The highest BCUT2D eigenvalue weighted by Gasteiger charge is 2.27. The van der Waals surface area contributed by atoms with Gasteiger partial charge >= 0.3 is 5.97 Å². The van der Waals surface area contributed by atoms with E-state index in [4.69, 9.17) is 10.5 Å². The van der Waals surface area contributed by atoms with Gasteiger partial charge in [0.15, 0.2) is 0 Å². The van der Waals surface area contributed by atoms with Gasteiger partial charge < -0.3 is 20.1 Å². The minimum atomic E-state index is -0.585. The number of ether oxygens (including phenoxy) is 2. The van der Waals surface area contributed by atoms with Crippen LogP contribution in [0.3, 0.4) is 0 Å². The van der Waals surface area contributed by atoms with Crippen LogP contribution >= 0.6 is 0 Å². The summed E-state index contributed by atoms with van der Waals surface area (Å²) in [5, 5.41) is 0.993. The number of methoxy groups -OCH3 is 1. The van der Waals surface area contributed by atoms with Crippen LogP contribution in [-0.2, 0) is 27.4 Å². The first kappa shape index (κ1) is 34.0. The molecular formula is C40H44N4O5. The number of primary amides is 1. The molecule has 3 heterocycles. The Morgan fingerprint density at radius 2 is 1.65 bits per heavy atom. The summed E-state index contributed by atoms with van der Waals surface area (Å²) in [6.07, 6.45) is 8.79. The van der Waals surface area contributed by atoms with Gasteiger partial charge in [-0.1, -0.05) is 54.6 Å². The molecule has 49 heavy (non-hydrogen) atoms. The number of hydrogen-bond donors (Lipinski definition) is 1. The topological polar surface area (TPSA) is 124 Å². The lowest BCUT2D eigenvalue weighted by atomic mass is 9.90. The minimum Gasteiger partial charge on any atom is -0.488 e. The Morgan fingerprint density at radius 3 is 2.39 bits per heavy atom. The number of fused-ring (bicyclic) bond motifs is 2. The highest BCUT2D eigenvalue weighted by Crippen LogP contribution is 2.32. The summed E-state index contributed by atoms with van der Waals surface area (Å²) in [6, 6.07) is 25.7. The van der Waals surface area contributed by atoms with E-state index in [2.05, 4.69) is 43.9 Å². The summed E-state index contributed by atoms with van der Waals surface area (Å²) in [5.41, 5.74) is 10.8. The van der Waals surface area contributed by atoms with E-state index >= 15 is 0 Å². The first-order valence-corrected chi connectivity index (χ1v) is 17.2. The van der Waals surface area contributed by atoms with Crippen molar-refractivity contribution in [1.82, 2.24) is 9.88 Å². The van der Waals surface area contributed by atoms with E-state index in [-0.39, 0.29) is 18.3 Å². The first-order chi connectivity index (χ1) is 23.9. The van der Waals surface area contributed by atoms with Crippen molar-refractivity contribution in [3.8, 4) is 5.75 Å². The van der Waals surface area contributed by atoms with Gasteiger partial charge in [-0.2, -0.15) is 0 Å². The highest BCUT2D eigenvalue weighted by atomic mass is 16.5. The van der Waals surface area contributed by atoms with E-state index in [0.29, 0.717) is 24.3 Å². The molecule has 2 N–H and O–H groups in total. The second kappa shape index (κ2) is 16.0. The van der Waals surface area contributed by atoms with Gasteiger partial charge in [0.25, 0.3) is 5.91 Å². The lowest BCUT2D eigenvalue weighted by Crippen LogP contribution is -2.35. The van der Waals surface area contributed by atoms with Crippen molar-refractivity contribution in [1.29, 1.82) is 0 Å². The predicted molar refractivity (Wildman–Crippen MR) is 190 cm³/mol. The standard InChI is InChI=1S/C25H28N2O2.C15H16N2O3/c28-25-22-2-1-3-24(23(22)15-26-25)29-17-21-8-4-18(5-9-21)14-19-10-12-27(13-11-19)16-20-6-7-20;1-20-14(18)9-7-11(15(16)19)13-8-6-10-4-2-3-5-12(10)17-13/h1-5,8-9,15,19-20H,6-7,10-14,16-17H2;2-6,8,11H,7,9H2,1H3,(H2,16,19). The van der Waals surface area contributed by atoms with Gasteiger partial charge in [0, 0.05) is 30.1 Å². The zero-order valence-corrected chi connectivity index (χ0v) is 28.1. The minimum absolute atomic E-state index is 0.138. The Balaban J connectivity index is 0.000000183. The average molecular weight is 661 g/mol. The van der Waals surface area contributed by atoms with Crippen LogP contribution in [0.5, 0.6) is 5.75 Å². The third-order valence-corrected chi connectivity index (χ3v) is 9.65. The smallest absolute Gasteiger partial charge is 0.305 e. The summed E-state index contributed by atoms with van der Waals surface area (Å²) in [4.78, 5) is 45.4. The Bertz CT molecular complexity index is 1810. The normalized spacial score (nSPS) is 16.5. The number of carbonyl (C=O) groups is 3. The van der Waals surface area contributed by atoms with Gasteiger partial charge in [-0.3, -0.25) is 19.4 Å². The second-order valence-corrected chi connectivity index (χ2v) is 13.3. The molecule has 0 spiro atoms. The number of aromatic nitrogens is 1. The van der Waals surface area contributed by atoms with Crippen LogP contribution in [0.15, 0.2) is 83.9 Å². The number of hydrogen-bond acceptors (Lipinski definition) is 7. The van der Waals surface area contributed by atoms with E-state index in [1.165, 1.54) is 64.4 Å². The number of carbonyl (C=O) groups excluding carboxylic acids is 3. The molecule has 1 saturated heterocycles. The maximum Gasteiger partial charge on any atom is 0.305 e. The molecule has 2 amide bonds. The molecule has 1 aliphatic carbocycles. The fraction of sp³-hybridized carbons (Fsp3) is 0.375. The molecule has 2 aliphatic heterocycles. The van der Waals surface area contributed by atoms with Crippen molar-refractivity contribution in [2.24, 2.45) is 22.6 Å². The van der Waals surface area contributed by atoms with Crippen molar-refractivity contribution in [3.05, 3.63) is 107 Å². The maximum absolute atomic E-state index is 11.7. The Labute approximate surface area is 287 Å². The molecule has 1 aromatic heterocycles. The first-order valence-electron chi connectivity index (χ1n) is 17.2. The van der Waals surface area contributed by atoms with Crippen LogP contribution in [-0.4, -0.2) is 60.6 Å². The lowest BCUT2D eigenvalue weighted by Gasteiger charge is -2.32. The van der Waals surface area contributed by atoms with Crippen molar-refractivity contribution in [2.45, 2.75) is 57.5 Å². The van der Waals surface area contributed by atoms with Gasteiger partial charge in [0.2, 0.25) is 5.91 Å². The zero-order chi connectivity index (χ0) is 34.2. The summed E-state index contributed by atoms with van der Waals surface area (Å²) in [7, 11) is 1.32. The van der Waals surface area contributed by atoms with Gasteiger partial charge in [0.05, 0.1) is 29.8 Å². The number of amides is 2. The number of aliphatic imine (C=N–C) groups is 1. The number of esters is 1. The molecular weight excluding hydrogens is 616 g/mol. The van der Waals surface area contributed by atoms with Gasteiger partial charge in [-0.05, 0) is 98.8 Å². The molecule has 1 saturated carbocycles. The van der Waals surface area contributed by atoms with Crippen molar-refractivity contribution < 1.29 is 23.9 Å². The molecule has 3 aliphatic rings. The molecule has 7 rings (SSSR count). The molecule has 2 fully saturated rings. The maximum atomic E-state index is 11.7. The summed E-state index contributed by atoms with van der Waals surface area (Å²) in [6.45, 7) is 4.39. The fourth-order valence-corrected chi connectivity index (χ4v) is 6.56. The van der Waals surface area contributed by atoms with Crippen LogP contribution in [0.2, 0.25) is 0 Å². The van der Waals surface area contributed by atoms with Crippen LogP contribution in [0.25, 0.3) is 10.9 Å². The summed E-state index contributed by atoms with van der Waals surface area (Å²) >= 11 is 0. The Kier molecular flexibility index (Phi) is 11.1. The monoisotopic (exact) mass is 660 g/mol. The average Bonchev–Trinajstić information content (AvgIpc) is 3.87. The van der Waals surface area contributed by atoms with Crippen molar-refractivity contribution in [2.75, 3.05) is 26.7 Å². The van der Waals surface area contributed by atoms with E-state index < -0.39 is 11.8 Å².